The third-order valence-corrected chi connectivity index (χ3v) is 8.87. The molecule has 0 atom stereocenters. The van der Waals surface area contributed by atoms with E-state index in [-0.39, 0.29) is 52.2 Å². The molecule has 0 unspecified atom stereocenters. The average Bonchev–Trinajstić information content (AvgIpc) is 3.09. The van der Waals surface area contributed by atoms with Gasteiger partial charge in [0.25, 0.3) is 11.8 Å². The largest absolute Gasteiger partial charge is 0.507 e. The first-order valence-electron chi connectivity index (χ1n) is 16.2. The number of benzene rings is 3. The number of nitrogens with zero attached hydrogens (tertiary/aromatic N) is 2. The Labute approximate surface area is 278 Å². The van der Waals surface area contributed by atoms with E-state index in [1.165, 1.54) is 6.07 Å². The fraction of sp³-hybridized carbons (Fsp3) is 0.324. The molecule has 2 fully saturated rings. The van der Waals surface area contributed by atoms with Crippen molar-refractivity contribution in [1.82, 2.24) is 20.5 Å². The Morgan fingerprint density at radius 3 is 2.23 bits per heavy atom. The van der Waals surface area contributed by atoms with Gasteiger partial charge in [0.1, 0.15) is 17.1 Å². The van der Waals surface area contributed by atoms with Crippen LogP contribution in [-0.4, -0.2) is 70.3 Å². The van der Waals surface area contributed by atoms with Gasteiger partial charge < -0.3 is 30.3 Å². The number of hydrogen-bond donors (Lipinski definition) is 4. The molecule has 2 heterocycles. The van der Waals surface area contributed by atoms with Gasteiger partial charge in [-0.05, 0) is 68.0 Å². The minimum atomic E-state index is -0.700. The van der Waals surface area contributed by atoms with Crippen LogP contribution in [0, 0.1) is 12.7 Å². The molecule has 0 bridgehead atoms. The standard InChI is InChI=1S/C37H39FN4O6/c1-23-7-13-32(43)29(19-23)35(45)40-26-8-10-27(11-9-26)41-36(46)30-20-25(38)21-39-37(30)48-34-31(22-42-15-17-47-18-16-42)28(12-14-33(34)44)24-5-3-2-4-6-24/h2-7,12-14,19-21,26-27,43-44H,8-11,15-18,22H2,1H3,(H,40,45)(H,41,46). The summed E-state index contributed by atoms with van der Waals surface area (Å²) < 4.78 is 26.3. The van der Waals surface area contributed by atoms with E-state index in [1.807, 2.05) is 43.3 Å². The second-order valence-corrected chi connectivity index (χ2v) is 12.3. The molecule has 6 rings (SSSR count). The van der Waals surface area contributed by atoms with E-state index in [2.05, 4.69) is 20.5 Å². The number of aromatic hydroxyl groups is 2. The predicted molar refractivity (Wildman–Crippen MR) is 178 cm³/mol. The molecule has 4 N–H and O–H groups in total. The maximum absolute atomic E-state index is 14.5. The highest BCUT2D eigenvalue weighted by Gasteiger charge is 2.28. The summed E-state index contributed by atoms with van der Waals surface area (Å²) in [6.07, 6.45) is 3.36. The van der Waals surface area contributed by atoms with Crippen molar-refractivity contribution in [2.75, 3.05) is 26.3 Å². The Kier molecular flexibility index (Phi) is 10.2. The second-order valence-electron chi connectivity index (χ2n) is 12.3. The Bertz CT molecular complexity index is 1770. The van der Waals surface area contributed by atoms with Gasteiger partial charge in [-0.2, -0.15) is 0 Å². The summed E-state index contributed by atoms with van der Waals surface area (Å²) in [5.74, 6) is -1.78. The van der Waals surface area contributed by atoms with Crippen LogP contribution >= 0.6 is 0 Å². The van der Waals surface area contributed by atoms with Crippen LogP contribution in [0.1, 0.15) is 57.5 Å². The molecule has 11 heteroatoms. The Balaban J connectivity index is 1.18. The van der Waals surface area contributed by atoms with Crippen molar-refractivity contribution in [3.63, 3.8) is 0 Å². The van der Waals surface area contributed by atoms with Gasteiger partial charge in [0.2, 0.25) is 5.88 Å². The van der Waals surface area contributed by atoms with Gasteiger partial charge in [0, 0.05) is 37.3 Å². The first-order valence-corrected chi connectivity index (χ1v) is 16.2. The smallest absolute Gasteiger partial charge is 0.257 e. The van der Waals surface area contributed by atoms with Crippen molar-refractivity contribution < 1.29 is 33.7 Å². The molecule has 1 saturated carbocycles. The lowest BCUT2D eigenvalue weighted by molar-refractivity contribution is 0.0339. The summed E-state index contributed by atoms with van der Waals surface area (Å²) in [4.78, 5) is 32.7. The lowest BCUT2D eigenvalue weighted by Crippen LogP contribution is -2.44. The highest BCUT2D eigenvalue weighted by molar-refractivity contribution is 5.97. The lowest BCUT2D eigenvalue weighted by Gasteiger charge is -2.30. The molecule has 3 aromatic carbocycles. The average molecular weight is 655 g/mol. The van der Waals surface area contributed by atoms with E-state index in [0.29, 0.717) is 64.1 Å². The number of halogens is 1. The highest BCUT2D eigenvalue weighted by Crippen LogP contribution is 2.41. The highest BCUT2D eigenvalue weighted by atomic mass is 19.1. The number of ether oxygens (including phenoxy) is 2. The minimum Gasteiger partial charge on any atom is -0.507 e. The number of rotatable bonds is 9. The van der Waals surface area contributed by atoms with Crippen LogP contribution in [0.25, 0.3) is 11.1 Å². The van der Waals surface area contributed by atoms with E-state index in [9.17, 15) is 24.2 Å². The van der Waals surface area contributed by atoms with Crippen molar-refractivity contribution >= 4 is 11.8 Å². The summed E-state index contributed by atoms with van der Waals surface area (Å²) in [7, 11) is 0. The molecule has 0 radical (unpaired) electrons. The van der Waals surface area contributed by atoms with E-state index in [1.54, 1.807) is 18.2 Å². The summed E-state index contributed by atoms with van der Waals surface area (Å²) in [6, 6.07) is 18.7. The zero-order chi connectivity index (χ0) is 33.6. The summed E-state index contributed by atoms with van der Waals surface area (Å²) in [6.45, 7) is 4.87. The van der Waals surface area contributed by atoms with E-state index in [0.717, 1.165) is 29.0 Å². The van der Waals surface area contributed by atoms with Crippen molar-refractivity contribution in [2.24, 2.45) is 0 Å². The van der Waals surface area contributed by atoms with Gasteiger partial charge in [-0.1, -0.05) is 48.0 Å². The van der Waals surface area contributed by atoms with Crippen molar-refractivity contribution in [1.29, 1.82) is 0 Å². The topological polar surface area (TPSA) is 133 Å². The van der Waals surface area contributed by atoms with Gasteiger partial charge in [0.05, 0.1) is 25.0 Å². The molecule has 0 spiro atoms. The Morgan fingerprint density at radius 2 is 1.54 bits per heavy atom. The zero-order valence-corrected chi connectivity index (χ0v) is 26.7. The SMILES string of the molecule is Cc1ccc(O)c(C(=O)NC2CCC(NC(=O)c3cc(F)cnc3Oc3c(O)ccc(-c4ccccc4)c3CN3CCOCC3)CC2)c1. The number of amides is 2. The number of carbonyl (C=O) groups is 2. The van der Waals surface area contributed by atoms with Gasteiger partial charge in [-0.15, -0.1) is 0 Å². The van der Waals surface area contributed by atoms with Gasteiger partial charge in [0.15, 0.2) is 11.5 Å². The van der Waals surface area contributed by atoms with E-state index in [4.69, 9.17) is 9.47 Å². The van der Waals surface area contributed by atoms with Gasteiger partial charge >= 0.3 is 0 Å². The molecule has 2 aliphatic rings. The molecule has 1 aromatic heterocycles. The van der Waals surface area contributed by atoms with Crippen LogP contribution in [-0.2, 0) is 11.3 Å². The number of aromatic nitrogens is 1. The lowest BCUT2D eigenvalue weighted by atomic mass is 9.90. The first kappa shape index (κ1) is 32.9. The fourth-order valence-electron chi connectivity index (χ4n) is 6.26. The quantitative estimate of drug-likeness (QED) is 0.181. The summed E-state index contributed by atoms with van der Waals surface area (Å²) in [5.41, 5.74) is 3.49. The van der Waals surface area contributed by atoms with Crippen molar-refractivity contribution in [3.8, 4) is 34.3 Å². The number of morpholine rings is 1. The third kappa shape index (κ3) is 7.75. The molecule has 1 aliphatic carbocycles. The second kappa shape index (κ2) is 14.8. The van der Waals surface area contributed by atoms with Crippen LogP contribution in [0.3, 0.4) is 0 Å². The maximum atomic E-state index is 14.5. The number of pyridine rings is 1. The molecule has 2 amide bonds. The number of phenolic OH excluding ortho intramolecular Hbond substituents is 2. The van der Waals surface area contributed by atoms with Crippen molar-refractivity contribution in [2.45, 2.75) is 51.2 Å². The Morgan fingerprint density at radius 1 is 0.896 bits per heavy atom. The molecule has 4 aromatic rings. The number of nitrogens with one attached hydrogen (secondary N) is 2. The predicted octanol–water partition coefficient (Wildman–Crippen LogP) is 5.70. The monoisotopic (exact) mass is 654 g/mol. The number of aryl methyl sites for hydroxylation is 1. The number of carbonyl (C=O) groups excluding carboxylic acids is 2. The molecular weight excluding hydrogens is 615 g/mol. The number of phenols is 2. The molecule has 250 valence electrons. The molecule has 10 nitrogen and oxygen atoms in total. The Hall–Kier alpha value is -5.00. The first-order chi connectivity index (χ1) is 23.2. The molecule has 1 saturated heterocycles. The third-order valence-electron chi connectivity index (χ3n) is 8.87. The van der Waals surface area contributed by atoms with Crippen LogP contribution < -0.4 is 15.4 Å². The van der Waals surface area contributed by atoms with Gasteiger partial charge in [-0.3, -0.25) is 14.5 Å². The number of hydrogen-bond acceptors (Lipinski definition) is 8. The molecule has 48 heavy (non-hydrogen) atoms. The normalized spacial score (nSPS) is 18.2. The van der Waals surface area contributed by atoms with Crippen LogP contribution in [0.15, 0.2) is 72.9 Å². The van der Waals surface area contributed by atoms with Crippen LogP contribution in [0.5, 0.6) is 23.1 Å². The van der Waals surface area contributed by atoms with Crippen LogP contribution in [0.4, 0.5) is 4.39 Å². The van der Waals surface area contributed by atoms with Crippen molar-refractivity contribution in [3.05, 3.63) is 101 Å². The van der Waals surface area contributed by atoms with Crippen LogP contribution in [0.2, 0.25) is 0 Å². The van der Waals surface area contributed by atoms with E-state index < -0.39 is 11.7 Å². The van der Waals surface area contributed by atoms with Gasteiger partial charge in [-0.25, -0.2) is 9.37 Å². The zero-order valence-electron chi connectivity index (χ0n) is 26.7. The van der Waals surface area contributed by atoms with E-state index >= 15 is 0 Å². The maximum Gasteiger partial charge on any atom is 0.257 e. The molecular formula is C37H39FN4O6. The summed E-state index contributed by atoms with van der Waals surface area (Å²) >= 11 is 0. The minimum absolute atomic E-state index is 0.0749. The fourth-order valence-corrected chi connectivity index (χ4v) is 6.26. The molecule has 1 aliphatic heterocycles. The summed E-state index contributed by atoms with van der Waals surface area (Å²) in [5, 5.41) is 27.2.